The van der Waals surface area contributed by atoms with E-state index in [-0.39, 0.29) is 4.90 Å². The maximum absolute atomic E-state index is 12.9. The fourth-order valence-electron chi connectivity index (χ4n) is 4.25. The number of aromatic nitrogens is 1. The summed E-state index contributed by atoms with van der Waals surface area (Å²) in [6.45, 7) is 1.82. The van der Waals surface area contributed by atoms with Crippen molar-refractivity contribution in [3.63, 3.8) is 0 Å². The molecule has 2 N–H and O–H groups in total. The van der Waals surface area contributed by atoms with E-state index in [1.165, 1.54) is 16.9 Å². The summed E-state index contributed by atoms with van der Waals surface area (Å²) in [6.07, 6.45) is 1.75. The van der Waals surface area contributed by atoms with Crippen molar-refractivity contribution < 1.29 is 8.42 Å². The largest absolute Gasteiger partial charge is 0.371 e. The smallest absolute Gasteiger partial charge is 0.261 e. The molecule has 0 radical (unpaired) electrons. The van der Waals surface area contributed by atoms with Gasteiger partial charge in [0, 0.05) is 41.8 Å². The number of benzene rings is 3. The van der Waals surface area contributed by atoms with Gasteiger partial charge in [-0.1, -0.05) is 42.5 Å². The molecule has 0 atom stereocenters. The number of hydrogen-bond acceptors (Lipinski definition) is 3. The number of rotatable bonds is 4. The fourth-order valence-corrected chi connectivity index (χ4v) is 5.34. The van der Waals surface area contributed by atoms with Crippen LogP contribution in [0.1, 0.15) is 11.3 Å². The van der Waals surface area contributed by atoms with Crippen molar-refractivity contribution in [3.05, 3.63) is 90.1 Å². The van der Waals surface area contributed by atoms with Crippen LogP contribution >= 0.6 is 0 Å². The second kappa shape index (κ2) is 7.54. The van der Waals surface area contributed by atoms with Crippen LogP contribution < -0.4 is 9.62 Å². The Morgan fingerprint density at radius 3 is 2.27 bits per heavy atom. The molecule has 5 nitrogen and oxygen atoms in total. The van der Waals surface area contributed by atoms with Crippen molar-refractivity contribution >= 4 is 32.3 Å². The summed E-state index contributed by atoms with van der Waals surface area (Å²) >= 11 is 0. The van der Waals surface area contributed by atoms with E-state index in [0.717, 1.165) is 36.8 Å². The zero-order valence-electron chi connectivity index (χ0n) is 16.5. The predicted octanol–water partition coefficient (Wildman–Crippen LogP) is 4.57. The van der Waals surface area contributed by atoms with Crippen molar-refractivity contribution in [2.75, 3.05) is 22.7 Å². The molecule has 2 heterocycles. The van der Waals surface area contributed by atoms with Gasteiger partial charge in [0.05, 0.1) is 10.6 Å². The first-order valence-electron chi connectivity index (χ1n) is 10.1. The van der Waals surface area contributed by atoms with Gasteiger partial charge < -0.3 is 9.88 Å². The lowest BCUT2D eigenvalue weighted by molar-refractivity contribution is 0.601. The van der Waals surface area contributed by atoms with Crippen molar-refractivity contribution in [2.24, 2.45) is 0 Å². The summed E-state index contributed by atoms with van der Waals surface area (Å²) in [7, 11) is -3.65. The Hall–Kier alpha value is -3.25. The third kappa shape index (κ3) is 3.44. The van der Waals surface area contributed by atoms with E-state index in [2.05, 4.69) is 38.9 Å². The van der Waals surface area contributed by atoms with Gasteiger partial charge in [0.25, 0.3) is 10.0 Å². The molecule has 0 saturated carbocycles. The molecule has 6 heteroatoms. The molecule has 1 aliphatic heterocycles. The molecule has 0 bridgehead atoms. The number of nitrogens with zero attached hydrogens (tertiary/aromatic N) is 1. The highest BCUT2D eigenvalue weighted by Gasteiger charge is 2.22. The van der Waals surface area contributed by atoms with Crippen LogP contribution in [-0.2, 0) is 22.9 Å². The van der Waals surface area contributed by atoms with Crippen LogP contribution in [0.3, 0.4) is 0 Å². The normalized spacial score (nSPS) is 14.3. The van der Waals surface area contributed by atoms with Gasteiger partial charge in [-0.2, -0.15) is 0 Å². The average molecular weight is 418 g/mol. The Bertz CT molecular complexity index is 1280. The number of H-pyrrole nitrogens is 1. The summed E-state index contributed by atoms with van der Waals surface area (Å²) in [5, 5.41) is 0.974. The van der Waals surface area contributed by atoms with Gasteiger partial charge >= 0.3 is 0 Å². The van der Waals surface area contributed by atoms with Gasteiger partial charge in [-0.15, -0.1) is 0 Å². The maximum atomic E-state index is 12.9. The van der Waals surface area contributed by atoms with E-state index >= 15 is 0 Å². The van der Waals surface area contributed by atoms with Gasteiger partial charge in [-0.05, 0) is 48.4 Å². The predicted molar refractivity (Wildman–Crippen MR) is 122 cm³/mol. The minimum atomic E-state index is -3.65. The van der Waals surface area contributed by atoms with E-state index in [1.54, 1.807) is 24.3 Å². The highest BCUT2D eigenvalue weighted by molar-refractivity contribution is 7.92. The van der Waals surface area contributed by atoms with Crippen molar-refractivity contribution in [3.8, 4) is 0 Å². The van der Waals surface area contributed by atoms with Gasteiger partial charge in [0.15, 0.2) is 0 Å². The monoisotopic (exact) mass is 417 g/mol. The van der Waals surface area contributed by atoms with E-state index < -0.39 is 10.0 Å². The van der Waals surface area contributed by atoms with Gasteiger partial charge in [0.1, 0.15) is 0 Å². The first kappa shape index (κ1) is 18.8. The summed E-state index contributed by atoms with van der Waals surface area (Å²) in [5.41, 5.74) is 5.21. The SMILES string of the molecule is O=S(=O)(Nc1cccc2[nH]c3c(c12)CCN(c1ccccc1)CC3)c1ccccc1. The lowest BCUT2D eigenvalue weighted by Gasteiger charge is -2.22. The number of fused-ring (bicyclic) bond motifs is 3. The fraction of sp³-hybridized carbons (Fsp3) is 0.167. The van der Waals surface area contributed by atoms with Crippen molar-refractivity contribution in [1.29, 1.82) is 0 Å². The third-order valence-electron chi connectivity index (χ3n) is 5.70. The van der Waals surface area contributed by atoms with Crippen LogP contribution in [0, 0.1) is 0 Å². The van der Waals surface area contributed by atoms with E-state index in [9.17, 15) is 8.42 Å². The molecule has 30 heavy (non-hydrogen) atoms. The molecule has 0 spiro atoms. The molecule has 4 aromatic rings. The van der Waals surface area contributed by atoms with Gasteiger partial charge in [-0.25, -0.2) is 8.42 Å². The quantitative estimate of drug-likeness (QED) is 0.511. The van der Waals surface area contributed by atoms with Crippen LogP contribution in [0.15, 0.2) is 83.8 Å². The lowest BCUT2D eigenvalue weighted by atomic mass is 10.1. The Kier molecular flexibility index (Phi) is 4.71. The molecular formula is C24H23N3O2S. The second-order valence-corrected chi connectivity index (χ2v) is 9.23. The molecule has 3 aromatic carbocycles. The number of sulfonamides is 1. The number of hydrogen-bond donors (Lipinski definition) is 2. The van der Waals surface area contributed by atoms with E-state index in [1.807, 2.05) is 30.3 Å². The zero-order valence-corrected chi connectivity index (χ0v) is 17.3. The van der Waals surface area contributed by atoms with E-state index in [4.69, 9.17) is 0 Å². The van der Waals surface area contributed by atoms with Crippen LogP contribution in [-0.4, -0.2) is 26.5 Å². The molecular weight excluding hydrogens is 394 g/mol. The summed E-state index contributed by atoms with van der Waals surface area (Å²) in [4.78, 5) is 6.18. The Labute approximate surface area is 176 Å². The number of nitrogens with one attached hydrogen (secondary N) is 2. The molecule has 1 aliphatic rings. The van der Waals surface area contributed by atoms with Crippen LogP contribution in [0.25, 0.3) is 10.9 Å². The summed E-state index contributed by atoms with van der Waals surface area (Å²) in [6, 6.07) is 24.7. The minimum absolute atomic E-state index is 0.263. The highest BCUT2D eigenvalue weighted by Crippen LogP contribution is 2.33. The summed E-state index contributed by atoms with van der Waals surface area (Å²) < 4.78 is 28.6. The zero-order chi connectivity index (χ0) is 20.6. The molecule has 152 valence electrons. The van der Waals surface area contributed by atoms with Crippen LogP contribution in [0.2, 0.25) is 0 Å². The van der Waals surface area contributed by atoms with Crippen molar-refractivity contribution in [2.45, 2.75) is 17.7 Å². The third-order valence-corrected chi connectivity index (χ3v) is 7.08. The standard InChI is InChI=1S/C24H23N3O2S/c28-30(29,19-10-5-2-6-11-19)26-23-13-7-12-22-24(23)20-14-16-27(17-15-21(20)25-22)18-8-3-1-4-9-18/h1-13,25-26H,14-17H2. The molecule has 0 saturated heterocycles. The first-order valence-corrected chi connectivity index (χ1v) is 11.6. The van der Waals surface area contributed by atoms with Gasteiger partial charge in [0.2, 0.25) is 0 Å². The number of para-hydroxylation sites is 1. The minimum Gasteiger partial charge on any atom is -0.371 e. The second-order valence-electron chi connectivity index (χ2n) is 7.55. The Morgan fingerprint density at radius 2 is 1.50 bits per heavy atom. The Balaban J connectivity index is 1.50. The number of aromatic amines is 1. The summed E-state index contributed by atoms with van der Waals surface area (Å²) in [5.74, 6) is 0. The average Bonchev–Trinajstić information content (AvgIpc) is 3.01. The number of anilines is 2. The van der Waals surface area contributed by atoms with Gasteiger partial charge in [-0.3, -0.25) is 4.72 Å². The molecule has 0 amide bonds. The topological polar surface area (TPSA) is 65.2 Å². The molecule has 5 rings (SSSR count). The Morgan fingerprint density at radius 1 is 0.800 bits per heavy atom. The van der Waals surface area contributed by atoms with Crippen LogP contribution in [0.5, 0.6) is 0 Å². The van der Waals surface area contributed by atoms with Crippen molar-refractivity contribution in [1.82, 2.24) is 4.98 Å². The molecule has 0 unspecified atom stereocenters. The molecule has 1 aromatic heterocycles. The molecule has 0 fully saturated rings. The first-order chi connectivity index (χ1) is 14.6. The highest BCUT2D eigenvalue weighted by atomic mass is 32.2. The lowest BCUT2D eigenvalue weighted by Crippen LogP contribution is -2.25. The van der Waals surface area contributed by atoms with E-state index in [0.29, 0.717) is 5.69 Å². The van der Waals surface area contributed by atoms with Crippen LogP contribution in [0.4, 0.5) is 11.4 Å². The molecule has 0 aliphatic carbocycles. The maximum Gasteiger partial charge on any atom is 0.261 e.